The van der Waals surface area contributed by atoms with Crippen LogP contribution in [0.3, 0.4) is 0 Å². The fourth-order valence-corrected chi connectivity index (χ4v) is 2.86. The molecule has 0 radical (unpaired) electrons. The second-order valence-electron chi connectivity index (χ2n) is 4.79. The molecule has 2 heterocycles. The predicted octanol–water partition coefficient (Wildman–Crippen LogP) is 3.11. The van der Waals surface area contributed by atoms with E-state index in [0.29, 0.717) is 32.0 Å². The summed E-state index contributed by atoms with van der Waals surface area (Å²) in [6.45, 7) is 3.35. The summed E-state index contributed by atoms with van der Waals surface area (Å²) in [4.78, 5) is 22.5. The van der Waals surface area contributed by atoms with Crippen molar-refractivity contribution in [3.8, 4) is 0 Å². The van der Waals surface area contributed by atoms with Gasteiger partial charge in [0.25, 0.3) is 0 Å². The third-order valence-electron chi connectivity index (χ3n) is 3.48. The SMILES string of the molecule is Cc1c(Br)ccc2c(N3CCOCCC3=O)nc(Cl)nc12. The number of carbonyl (C=O) groups is 1. The Kier molecular flexibility index (Phi) is 4.10. The van der Waals surface area contributed by atoms with Crippen molar-refractivity contribution in [1.29, 1.82) is 0 Å². The van der Waals surface area contributed by atoms with E-state index in [-0.39, 0.29) is 11.2 Å². The average molecular weight is 371 g/mol. The lowest BCUT2D eigenvalue weighted by atomic mass is 10.1. The van der Waals surface area contributed by atoms with Crippen molar-refractivity contribution in [2.45, 2.75) is 13.3 Å². The highest BCUT2D eigenvalue weighted by molar-refractivity contribution is 9.10. The molecule has 0 bridgehead atoms. The van der Waals surface area contributed by atoms with Gasteiger partial charge in [-0.1, -0.05) is 15.9 Å². The molecule has 1 amide bonds. The van der Waals surface area contributed by atoms with E-state index in [0.717, 1.165) is 20.9 Å². The number of aryl methyl sites for hydroxylation is 1. The number of carbonyl (C=O) groups excluding carboxylic acids is 1. The van der Waals surface area contributed by atoms with E-state index in [1.54, 1.807) is 4.90 Å². The predicted molar refractivity (Wildman–Crippen MR) is 84.8 cm³/mol. The Hall–Kier alpha value is -1.24. The molecule has 0 saturated carbocycles. The van der Waals surface area contributed by atoms with Crippen LogP contribution in [0.1, 0.15) is 12.0 Å². The highest BCUT2D eigenvalue weighted by Gasteiger charge is 2.23. The first-order chi connectivity index (χ1) is 10.1. The summed E-state index contributed by atoms with van der Waals surface area (Å²) >= 11 is 9.53. The zero-order valence-corrected chi connectivity index (χ0v) is 13.7. The van der Waals surface area contributed by atoms with Gasteiger partial charge < -0.3 is 4.74 Å². The van der Waals surface area contributed by atoms with Crippen LogP contribution in [0.2, 0.25) is 5.28 Å². The number of halogens is 2. The van der Waals surface area contributed by atoms with E-state index in [2.05, 4.69) is 25.9 Å². The Balaban J connectivity index is 2.22. The lowest BCUT2D eigenvalue weighted by Crippen LogP contribution is -2.32. The first-order valence-corrected chi connectivity index (χ1v) is 7.75. The summed E-state index contributed by atoms with van der Waals surface area (Å²) in [6.07, 6.45) is 0.346. The van der Waals surface area contributed by atoms with Gasteiger partial charge in [0.1, 0.15) is 5.82 Å². The monoisotopic (exact) mass is 369 g/mol. The number of hydrogen-bond acceptors (Lipinski definition) is 4. The number of anilines is 1. The number of aromatic nitrogens is 2. The normalized spacial score (nSPS) is 16.3. The number of fused-ring (bicyclic) bond motifs is 1. The van der Waals surface area contributed by atoms with E-state index in [9.17, 15) is 4.79 Å². The van der Waals surface area contributed by atoms with Crippen molar-refractivity contribution >= 4 is 50.2 Å². The number of ether oxygens (including phenoxy) is 1. The summed E-state index contributed by atoms with van der Waals surface area (Å²) in [5.41, 5.74) is 1.72. The largest absolute Gasteiger partial charge is 0.379 e. The van der Waals surface area contributed by atoms with E-state index in [1.165, 1.54) is 0 Å². The summed E-state index contributed by atoms with van der Waals surface area (Å²) < 4.78 is 6.30. The lowest BCUT2D eigenvalue weighted by molar-refractivity contribution is -0.118. The maximum atomic E-state index is 12.3. The molecular weight excluding hydrogens is 358 g/mol. The van der Waals surface area contributed by atoms with Crippen LogP contribution in [0.15, 0.2) is 16.6 Å². The molecule has 3 rings (SSSR count). The number of benzene rings is 1. The van der Waals surface area contributed by atoms with Gasteiger partial charge in [0.05, 0.1) is 31.7 Å². The maximum absolute atomic E-state index is 12.3. The van der Waals surface area contributed by atoms with Crippen molar-refractivity contribution in [1.82, 2.24) is 9.97 Å². The number of nitrogens with zero attached hydrogens (tertiary/aromatic N) is 3. The van der Waals surface area contributed by atoms with Crippen LogP contribution >= 0.6 is 27.5 Å². The van der Waals surface area contributed by atoms with Gasteiger partial charge in [0.15, 0.2) is 0 Å². The van der Waals surface area contributed by atoms with Gasteiger partial charge in [-0.2, -0.15) is 4.98 Å². The van der Waals surface area contributed by atoms with Crippen molar-refractivity contribution < 1.29 is 9.53 Å². The van der Waals surface area contributed by atoms with Gasteiger partial charge >= 0.3 is 0 Å². The number of hydrogen-bond donors (Lipinski definition) is 0. The molecule has 0 unspecified atom stereocenters. The molecule has 7 heteroatoms. The maximum Gasteiger partial charge on any atom is 0.230 e. The van der Waals surface area contributed by atoms with Crippen LogP contribution in [0, 0.1) is 6.92 Å². The molecule has 0 atom stereocenters. The average Bonchev–Trinajstić information content (AvgIpc) is 2.67. The Morgan fingerprint density at radius 1 is 1.33 bits per heavy atom. The van der Waals surface area contributed by atoms with E-state index in [4.69, 9.17) is 16.3 Å². The van der Waals surface area contributed by atoms with Gasteiger partial charge in [-0.25, -0.2) is 4.98 Å². The minimum atomic E-state index is -0.0101. The standard InChI is InChI=1S/C14H13BrClN3O2/c1-8-10(15)3-2-9-12(8)17-14(16)18-13(9)19-5-7-21-6-4-11(19)20/h2-3H,4-7H2,1H3. The van der Waals surface area contributed by atoms with Crippen LogP contribution in [0.25, 0.3) is 10.9 Å². The summed E-state index contributed by atoms with van der Waals surface area (Å²) in [5, 5.41) is 0.951. The van der Waals surface area contributed by atoms with Crippen LogP contribution < -0.4 is 4.90 Å². The fraction of sp³-hybridized carbons (Fsp3) is 0.357. The molecule has 1 fully saturated rings. The smallest absolute Gasteiger partial charge is 0.230 e. The molecule has 1 saturated heterocycles. The van der Waals surface area contributed by atoms with E-state index >= 15 is 0 Å². The van der Waals surface area contributed by atoms with Gasteiger partial charge in [-0.3, -0.25) is 9.69 Å². The minimum Gasteiger partial charge on any atom is -0.379 e. The topological polar surface area (TPSA) is 55.3 Å². The van der Waals surface area contributed by atoms with Crippen molar-refractivity contribution in [2.24, 2.45) is 0 Å². The van der Waals surface area contributed by atoms with Crippen LogP contribution in [-0.2, 0) is 9.53 Å². The zero-order valence-electron chi connectivity index (χ0n) is 11.4. The highest BCUT2D eigenvalue weighted by Crippen LogP contribution is 2.31. The second kappa shape index (κ2) is 5.87. The minimum absolute atomic E-state index is 0.0101. The summed E-state index contributed by atoms with van der Waals surface area (Å²) in [5.74, 6) is 0.542. The Labute approximate surface area is 135 Å². The zero-order chi connectivity index (χ0) is 15.0. The molecule has 0 aliphatic carbocycles. The second-order valence-corrected chi connectivity index (χ2v) is 5.98. The molecule has 2 aromatic rings. The highest BCUT2D eigenvalue weighted by atomic mass is 79.9. The Morgan fingerprint density at radius 3 is 2.95 bits per heavy atom. The molecule has 1 aliphatic heterocycles. The summed E-state index contributed by atoms with van der Waals surface area (Å²) in [6, 6.07) is 3.83. The quantitative estimate of drug-likeness (QED) is 0.724. The van der Waals surface area contributed by atoms with E-state index < -0.39 is 0 Å². The Bertz CT molecular complexity index is 723. The third kappa shape index (κ3) is 2.75. The third-order valence-corrected chi connectivity index (χ3v) is 4.51. The molecule has 21 heavy (non-hydrogen) atoms. The molecule has 1 aliphatic rings. The number of rotatable bonds is 1. The van der Waals surface area contributed by atoms with Crippen molar-refractivity contribution in [2.75, 3.05) is 24.7 Å². The van der Waals surface area contributed by atoms with Crippen LogP contribution in [0.5, 0.6) is 0 Å². The molecule has 1 aromatic heterocycles. The Morgan fingerprint density at radius 2 is 2.14 bits per heavy atom. The van der Waals surface area contributed by atoms with Crippen molar-refractivity contribution in [3.63, 3.8) is 0 Å². The summed E-state index contributed by atoms with van der Waals surface area (Å²) in [7, 11) is 0. The van der Waals surface area contributed by atoms with Crippen molar-refractivity contribution in [3.05, 3.63) is 27.5 Å². The van der Waals surface area contributed by atoms with Gasteiger partial charge in [-0.15, -0.1) is 0 Å². The van der Waals surface area contributed by atoms with Gasteiger partial charge in [0.2, 0.25) is 11.2 Å². The molecule has 110 valence electrons. The molecule has 0 spiro atoms. The molecule has 0 N–H and O–H groups in total. The first kappa shape index (κ1) is 14.7. The molecule has 1 aromatic carbocycles. The van der Waals surface area contributed by atoms with Crippen LogP contribution in [0.4, 0.5) is 5.82 Å². The first-order valence-electron chi connectivity index (χ1n) is 6.58. The van der Waals surface area contributed by atoms with Crippen LogP contribution in [-0.4, -0.2) is 35.6 Å². The lowest BCUT2D eigenvalue weighted by Gasteiger charge is -2.21. The van der Waals surface area contributed by atoms with Gasteiger partial charge in [-0.05, 0) is 36.2 Å². The molecular formula is C14H13BrClN3O2. The molecule has 5 nitrogen and oxygen atoms in total. The van der Waals surface area contributed by atoms with Gasteiger partial charge in [0, 0.05) is 9.86 Å². The number of amides is 1. The van der Waals surface area contributed by atoms with E-state index in [1.807, 2.05) is 19.1 Å². The fourth-order valence-electron chi connectivity index (χ4n) is 2.37.